The molecule has 8 heteroatoms. The molecule has 0 atom stereocenters. The molecule has 0 aliphatic rings. The van der Waals surface area contributed by atoms with Crippen molar-refractivity contribution in [1.29, 1.82) is 0 Å². The SMILES string of the molecule is O.O.O.O=C([O-])C(=O)[O-].[Ni+2]. The monoisotopic (exact) mass is 200 g/mol. The van der Waals surface area contributed by atoms with E-state index < -0.39 is 11.9 Å². The van der Waals surface area contributed by atoms with E-state index in [0.717, 1.165) is 0 Å². The van der Waals surface area contributed by atoms with Gasteiger partial charge in [0.15, 0.2) is 0 Å². The minimum Gasteiger partial charge on any atom is -0.543 e. The Bertz CT molecular complexity index is 77.6. The summed E-state index contributed by atoms with van der Waals surface area (Å²) >= 11 is 0. The van der Waals surface area contributed by atoms with E-state index in [4.69, 9.17) is 19.8 Å². The molecule has 0 amide bonds. The van der Waals surface area contributed by atoms with Gasteiger partial charge in [0.1, 0.15) is 0 Å². The van der Waals surface area contributed by atoms with Crippen molar-refractivity contribution in [1.82, 2.24) is 0 Å². The summed E-state index contributed by atoms with van der Waals surface area (Å²) in [6.07, 6.45) is 0. The summed E-state index contributed by atoms with van der Waals surface area (Å²) in [5.41, 5.74) is 0. The van der Waals surface area contributed by atoms with Crippen LogP contribution in [0.2, 0.25) is 0 Å². The minimum atomic E-state index is -2.19. The van der Waals surface area contributed by atoms with Crippen molar-refractivity contribution in [2.24, 2.45) is 0 Å². The smallest absolute Gasteiger partial charge is 0.543 e. The van der Waals surface area contributed by atoms with Crippen molar-refractivity contribution in [3.63, 3.8) is 0 Å². The van der Waals surface area contributed by atoms with Crippen LogP contribution >= 0.6 is 0 Å². The Kier molecular flexibility index (Phi) is 54.5. The third-order valence-corrected chi connectivity index (χ3v) is 0.167. The first-order chi connectivity index (χ1) is 2.64. The topological polar surface area (TPSA) is 175 Å². The maximum Gasteiger partial charge on any atom is 2.00 e. The van der Waals surface area contributed by atoms with Gasteiger partial charge in [-0.15, -0.1) is 0 Å². The summed E-state index contributed by atoms with van der Waals surface area (Å²) in [4.78, 5) is 17.9. The molecular formula is C2H6NiO7. The molecule has 0 bridgehead atoms. The number of carboxylic acid groups (broad SMARTS) is 2. The van der Waals surface area contributed by atoms with E-state index in [9.17, 15) is 0 Å². The number of hydrogen-bond donors (Lipinski definition) is 0. The zero-order valence-corrected chi connectivity index (χ0v) is 5.44. The normalized spacial score (nSPS) is 4.40. The zero-order chi connectivity index (χ0) is 5.15. The second-order valence-corrected chi connectivity index (χ2v) is 0.575. The Hall–Kier alpha value is -0.686. The van der Waals surface area contributed by atoms with Crippen molar-refractivity contribution in [3.05, 3.63) is 0 Å². The zero-order valence-electron chi connectivity index (χ0n) is 4.45. The standard InChI is InChI=1S/C2H2O4.Ni.3H2O/c3-1(4)2(5)6;;;;/h(H,3,4)(H,5,6);;3*1H2/q;+2;;;/p-2. The van der Waals surface area contributed by atoms with Gasteiger partial charge in [0.25, 0.3) is 0 Å². The maximum absolute atomic E-state index is 8.93. The van der Waals surface area contributed by atoms with E-state index in [2.05, 4.69) is 0 Å². The Morgan fingerprint density at radius 2 is 0.900 bits per heavy atom. The number of carbonyl (C=O) groups excluding carboxylic acids is 2. The molecule has 0 heterocycles. The molecule has 0 saturated heterocycles. The summed E-state index contributed by atoms with van der Waals surface area (Å²) in [5.74, 6) is -4.37. The van der Waals surface area contributed by atoms with Crippen LogP contribution in [0.25, 0.3) is 0 Å². The third kappa shape index (κ3) is 26.6. The van der Waals surface area contributed by atoms with Gasteiger partial charge in [0.2, 0.25) is 0 Å². The van der Waals surface area contributed by atoms with Crippen LogP contribution in [0.15, 0.2) is 0 Å². The van der Waals surface area contributed by atoms with Gasteiger partial charge in [-0.25, -0.2) is 0 Å². The van der Waals surface area contributed by atoms with E-state index in [0.29, 0.717) is 0 Å². The van der Waals surface area contributed by atoms with Crippen molar-refractivity contribution in [2.75, 3.05) is 0 Å². The number of carbonyl (C=O) groups is 2. The summed E-state index contributed by atoms with van der Waals surface area (Å²) < 4.78 is 0. The summed E-state index contributed by atoms with van der Waals surface area (Å²) in [6, 6.07) is 0. The van der Waals surface area contributed by atoms with Crippen LogP contribution in [0.5, 0.6) is 0 Å². The molecule has 0 fully saturated rings. The average Bonchev–Trinajstić information content (AvgIpc) is 1.36. The molecule has 10 heavy (non-hydrogen) atoms. The van der Waals surface area contributed by atoms with E-state index >= 15 is 0 Å². The van der Waals surface area contributed by atoms with Crippen LogP contribution in [0.4, 0.5) is 0 Å². The van der Waals surface area contributed by atoms with Gasteiger partial charge >= 0.3 is 16.5 Å². The number of hydrogen-bond acceptors (Lipinski definition) is 4. The van der Waals surface area contributed by atoms with Gasteiger partial charge in [0.05, 0.1) is 11.9 Å². The Labute approximate surface area is 65.5 Å². The first-order valence-electron chi connectivity index (χ1n) is 1.07. The largest absolute Gasteiger partial charge is 2.00 e. The molecule has 7 nitrogen and oxygen atoms in total. The molecule has 0 aliphatic heterocycles. The minimum absolute atomic E-state index is 0. The fraction of sp³-hybridized carbons (Fsp3) is 0. The predicted octanol–water partition coefficient (Wildman–Crippen LogP) is -5.99. The fourth-order valence-electron chi connectivity index (χ4n) is 0. The molecule has 0 aliphatic carbocycles. The van der Waals surface area contributed by atoms with Crippen LogP contribution < -0.4 is 10.2 Å². The second kappa shape index (κ2) is 15.7. The third-order valence-electron chi connectivity index (χ3n) is 0.167. The molecule has 0 unspecified atom stereocenters. The molecular weight excluding hydrogens is 195 g/mol. The van der Waals surface area contributed by atoms with Crippen LogP contribution in [-0.4, -0.2) is 28.4 Å². The average molecular weight is 201 g/mol. The Balaban J connectivity index is -0.0000000208. The van der Waals surface area contributed by atoms with Crippen molar-refractivity contribution >= 4 is 11.9 Å². The van der Waals surface area contributed by atoms with E-state index in [1.165, 1.54) is 0 Å². The van der Waals surface area contributed by atoms with E-state index in [1.54, 1.807) is 0 Å². The first-order valence-corrected chi connectivity index (χ1v) is 1.07. The molecule has 0 aromatic heterocycles. The molecule has 0 aromatic carbocycles. The van der Waals surface area contributed by atoms with Crippen LogP contribution in [0.3, 0.4) is 0 Å². The Morgan fingerprint density at radius 3 is 0.900 bits per heavy atom. The molecule has 0 aromatic rings. The van der Waals surface area contributed by atoms with Gasteiger partial charge in [0, 0.05) is 0 Å². The van der Waals surface area contributed by atoms with Gasteiger partial charge in [-0.05, 0) is 0 Å². The molecule has 0 saturated carbocycles. The van der Waals surface area contributed by atoms with Gasteiger partial charge < -0.3 is 36.2 Å². The molecule has 66 valence electrons. The molecule has 0 rings (SSSR count). The van der Waals surface area contributed by atoms with Crippen molar-refractivity contribution in [3.8, 4) is 0 Å². The fourth-order valence-corrected chi connectivity index (χ4v) is 0. The molecule has 0 radical (unpaired) electrons. The predicted molar refractivity (Wildman–Crippen MR) is 20.9 cm³/mol. The van der Waals surface area contributed by atoms with Gasteiger partial charge in [-0.3, -0.25) is 0 Å². The van der Waals surface area contributed by atoms with Gasteiger partial charge in [-0.1, -0.05) is 0 Å². The number of aliphatic carboxylic acids is 2. The summed E-state index contributed by atoms with van der Waals surface area (Å²) in [7, 11) is 0. The maximum atomic E-state index is 8.93. The van der Waals surface area contributed by atoms with E-state index in [-0.39, 0.29) is 32.9 Å². The van der Waals surface area contributed by atoms with Crippen LogP contribution in [0, 0.1) is 0 Å². The molecule has 6 N–H and O–H groups in total. The summed E-state index contributed by atoms with van der Waals surface area (Å²) in [5, 5.41) is 17.9. The van der Waals surface area contributed by atoms with Gasteiger partial charge in [-0.2, -0.15) is 0 Å². The van der Waals surface area contributed by atoms with Crippen LogP contribution in [-0.2, 0) is 26.1 Å². The quantitative estimate of drug-likeness (QED) is 0.280. The second-order valence-electron chi connectivity index (χ2n) is 0.575. The van der Waals surface area contributed by atoms with E-state index in [1.807, 2.05) is 0 Å². The number of rotatable bonds is 0. The first kappa shape index (κ1) is 34.6. The number of carboxylic acids is 2. The van der Waals surface area contributed by atoms with Crippen molar-refractivity contribution in [2.45, 2.75) is 0 Å². The van der Waals surface area contributed by atoms with Crippen LogP contribution in [0.1, 0.15) is 0 Å². The molecule has 0 spiro atoms. The Morgan fingerprint density at radius 1 is 0.800 bits per heavy atom. The summed E-state index contributed by atoms with van der Waals surface area (Å²) in [6.45, 7) is 0. The van der Waals surface area contributed by atoms with Crippen molar-refractivity contribution < 1.29 is 52.7 Å².